The number of hydrogen-bond donors (Lipinski definition) is 1. The number of ether oxygens (including phenoxy) is 1. The molecule has 6 heteroatoms. The van der Waals surface area contributed by atoms with E-state index in [0.29, 0.717) is 13.1 Å². The molecule has 0 saturated carbocycles. The van der Waals surface area contributed by atoms with Crippen molar-refractivity contribution in [2.24, 2.45) is 0 Å². The van der Waals surface area contributed by atoms with Crippen LogP contribution in [0.2, 0.25) is 5.02 Å². The van der Waals surface area contributed by atoms with Crippen LogP contribution in [-0.4, -0.2) is 54.7 Å². The van der Waals surface area contributed by atoms with Gasteiger partial charge in [0, 0.05) is 50.5 Å². The molecule has 0 atom stereocenters. The molecule has 0 bridgehead atoms. The van der Waals surface area contributed by atoms with Gasteiger partial charge >= 0.3 is 6.09 Å². The summed E-state index contributed by atoms with van der Waals surface area (Å²) in [4.78, 5) is 16.3. The molecule has 0 aromatic heterocycles. The zero-order valence-electron chi connectivity index (χ0n) is 15.3. The van der Waals surface area contributed by atoms with Gasteiger partial charge in [-0.25, -0.2) is 4.79 Å². The van der Waals surface area contributed by atoms with E-state index in [9.17, 15) is 4.79 Å². The third-order valence-electron chi connectivity index (χ3n) is 4.17. The number of amides is 1. The monoisotopic (exact) mass is 353 g/mol. The summed E-state index contributed by atoms with van der Waals surface area (Å²) in [5.41, 5.74) is 3.05. The molecule has 1 aromatic carbocycles. The van der Waals surface area contributed by atoms with Gasteiger partial charge in [0.2, 0.25) is 0 Å². The molecule has 2 rings (SSSR count). The quantitative estimate of drug-likeness (QED) is 0.899. The van der Waals surface area contributed by atoms with Gasteiger partial charge in [-0.05, 0) is 51.0 Å². The number of benzene rings is 1. The minimum Gasteiger partial charge on any atom is -0.444 e. The lowest BCUT2D eigenvalue weighted by molar-refractivity contribution is 0.0139. The van der Waals surface area contributed by atoms with Gasteiger partial charge in [-0.15, -0.1) is 0 Å². The fourth-order valence-corrected chi connectivity index (χ4v) is 3.06. The molecule has 1 saturated heterocycles. The highest BCUT2D eigenvalue weighted by atomic mass is 35.5. The first-order valence-electron chi connectivity index (χ1n) is 8.36. The molecule has 1 amide bonds. The van der Waals surface area contributed by atoms with Crippen molar-refractivity contribution >= 4 is 23.4 Å². The van der Waals surface area contributed by atoms with E-state index in [-0.39, 0.29) is 6.09 Å². The number of rotatable bonds is 3. The molecule has 1 N–H and O–H groups in total. The zero-order valence-corrected chi connectivity index (χ0v) is 16.0. The van der Waals surface area contributed by atoms with E-state index in [1.54, 1.807) is 4.90 Å². The van der Waals surface area contributed by atoms with E-state index in [0.717, 1.165) is 30.3 Å². The number of carbonyl (C=O) groups excluding carboxylic acids is 1. The molecule has 0 unspecified atom stereocenters. The van der Waals surface area contributed by atoms with E-state index in [1.807, 2.05) is 40.0 Å². The summed E-state index contributed by atoms with van der Waals surface area (Å²) in [6.07, 6.45) is -0.224. The topological polar surface area (TPSA) is 44.8 Å². The Kier molecular flexibility index (Phi) is 5.99. The van der Waals surface area contributed by atoms with Crippen LogP contribution in [0.4, 0.5) is 10.5 Å². The molecule has 24 heavy (non-hydrogen) atoms. The SMILES string of the molecule is CNc1cc(Cl)cc(CN2CCN(C(=O)OC(C)(C)C)CC2)c1C. The Labute approximate surface area is 149 Å². The van der Waals surface area contributed by atoms with Crippen molar-refractivity contribution in [3.8, 4) is 0 Å². The lowest BCUT2D eigenvalue weighted by atomic mass is 10.1. The maximum atomic E-state index is 12.1. The minimum atomic E-state index is -0.449. The second-order valence-electron chi connectivity index (χ2n) is 7.23. The first-order chi connectivity index (χ1) is 11.2. The lowest BCUT2D eigenvalue weighted by Gasteiger charge is -2.35. The standard InChI is InChI=1S/C18H28ClN3O2/c1-13-14(10-15(19)11-16(13)20-5)12-21-6-8-22(9-7-21)17(23)24-18(2,3)4/h10-11,20H,6-9,12H2,1-5H3. The summed E-state index contributed by atoms with van der Waals surface area (Å²) in [6, 6.07) is 3.97. The van der Waals surface area contributed by atoms with E-state index >= 15 is 0 Å². The van der Waals surface area contributed by atoms with Gasteiger partial charge in [0.1, 0.15) is 5.60 Å². The van der Waals surface area contributed by atoms with Crippen LogP contribution in [-0.2, 0) is 11.3 Å². The number of anilines is 1. The molecule has 5 nitrogen and oxygen atoms in total. The van der Waals surface area contributed by atoms with Crippen LogP contribution < -0.4 is 5.32 Å². The molecule has 1 fully saturated rings. The first kappa shape index (κ1) is 18.9. The van der Waals surface area contributed by atoms with Crippen molar-refractivity contribution in [2.45, 2.75) is 39.8 Å². The summed E-state index contributed by atoms with van der Waals surface area (Å²) in [5, 5.41) is 3.93. The number of piperazine rings is 1. The Morgan fingerprint density at radius 3 is 2.42 bits per heavy atom. The average molecular weight is 354 g/mol. The lowest BCUT2D eigenvalue weighted by Crippen LogP contribution is -2.49. The zero-order chi connectivity index (χ0) is 17.9. The van der Waals surface area contributed by atoms with Gasteiger partial charge in [-0.3, -0.25) is 4.90 Å². The van der Waals surface area contributed by atoms with Crippen molar-refractivity contribution in [3.05, 3.63) is 28.3 Å². The van der Waals surface area contributed by atoms with Crippen LogP contribution in [0.25, 0.3) is 0 Å². The summed E-state index contributed by atoms with van der Waals surface area (Å²) >= 11 is 6.22. The second kappa shape index (κ2) is 7.62. The summed E-state index contributed by atoms with van der Waals surface area (Å²) in [7, 11) is 1.90. The predicted octanol–water partition coefficient (Wildman–Crippen LogP) is 3.74. The molecule has 1 aliphatic rings. The molecular weight excluding hydrogens is 326 g/mol. The number of hydrogen-bond acceptors (Lipinski definition) is 4. The Morgan fingerprint density at radius 1 is 1.25 bits per heavy atom. The van der Waals surface area contributed by atoms with E-state index in [4.69, 9.17) is 16.3 Å². The third-order valence-corrected chi connectivity index (χ3v) is 4.39. The van der Waals surface area contributed by atoms with Crippen LogP contribution >= 0.6 is 11.6 Å². The Bertz CT molecular complexity index is 591. The highest BCUT2D eigenvalue weighted by Gasteiger charge is 2.26. The number of nitrogens with one attached hydrogen (secondary N) is 1. The predicted molar refractivity (Wildman–Crippen MR) is 98.8 cm³/mol. The van der Waals surface area contributed by atoms with E-state index < -0.39 is 5.60 Å². The molecule has 0 radical (unpaired) electrons. The molecule has 1 heterocycles. The second-order valence-corrected chi connectivity index (χ2v) is 7.67. The molecular formula is C18H28ClN3O2. The van der Waals surface area contributed by atoms with Crippen molar-refractivity contribution in [1.82, 2.24) is 9.80 Å². The Morgan fingerprint density at radius 2 is 1.88 bits per heavy atom. The molecule has 1 aliphatic heterocycles. The fraction of sp³-hybridized carbons (Fsp3) is 0.611. The smallest absolute Gasteiger partial charge is 0.410 e. The maximum Gasteiger partial charge on any atom is 0.410 e. The van der Waals surface area contributed by atoms with E-state index in [2.05, 4.69) is 17.1 Å². The van der Waals surface area contributed by atoms with Gasteiger partial charge < -0.3 is 15.0 Å². The fourth-order valence-electron chi connectivity index (χ4n) is 2.82. The van der Waals surface area contributed by atoms with Crippen LogP contribution in [0, 0.1) is 6.92 Å². The van der Waals surface area contributed by atoms with Gasteiger partial charge in [-0.2, -0.15) is 0 Å². The highest BCUT2D eigenvalue weighted by Crippen LogP contribution is 2.26. The summed E-state index contributed by atoms with van der Waals surface area (Å²) < 4.78 is 5.44. The first-order valence-corrected chi connectivity index (χ1v) is 8.74. The minimum absolute atomic E-state index is 0.224. The maximum absolute atomic E-state index is 12.1. The van der Waals surface area contributed by atoms with Crippen LogP contribution in [0.3, 0.4) is 0 Å². The van der Waals surface area contributed by atoms with Gasteiger partial charge in [0.05, 0.1) is 0 Å². The highest BCUT2D eigenvalue weighted by molar-refractivity contribution is 6.31. The third kappa shape index (κ3) is 5.02. The largest absolute Gasteiger partial charge is 0.444 e. The normalized spacial score (nSPS) is 16.2. The molecule has 134 valence electrons. The van der Waals surface area contributed by atoms with Gasteiger partial charge in [0.25, 0.3) is 0 Å². The Hall–Kier alpha value is -1.46. The molecule has 0 aliphatic carbocycles. The van der Waals surface area contributed by atoms with Crippen LogP contribution in [0.1, 0.15) is 31.9 Å². The van der Waals surface area contributed by atoms with Crippen LogP contribution in [0.15, 0.2) is 12.1 Å². The number of halogens is 1. The van der Waals surface area contributed by atoms with Gasteiger partial charge in [0.15, 0.2) is 0 Å². The number of nitrogens with zero attached hydrogens (tertiary/aromatic N) is 2. The van der Waals surface area contributed by atoms with Crippen LogP contribution in [0.5, 0.6) is 0 Å². The van der Waals surface area contributed by atoms with Gasteiger partial charge in [-0.1, -0.05) is 11.6 Å². The van der Waals surface area contributed by atoms with Crippen molar-refractivity contribution in [1.29, 1.82) is 0 Å². The summed E-state index contributed by atoms with van der Waals surface area (Å²) in [5.74, 6) is 0. The van der Waals surface area contributed by atoms with Crippen molar-refractivity contribution in [3.63, 3.8) is 0 Å². The average Bonchev–Trinajstić information content (AvgIpc) is 2.49. The van der Waals surface area contributed by atoms with Crippen molar-refractivity contribution < 1.29 is 9.53 Å². The Balaban J connectivity index is 1.94. The van der Waals surface area contributed by atoms with E-state index in [1.165, 1.54) is 11.1 Å². The van der Waals surface area contributed by atoms with Crippen molar-refractivity contribution in [2.75, 3.05) is 38.5 Å². The summed E-state index contributed by atoms with van der Waals surface area (Å²) in [6.45, 7) is 11.7. The molecule has 0 spiro atoms. The number of carbonyl (C=O) groups is 1. The molecule has 1 aromatic rings.